The third-order valence-corrected chi connectivity index (χ3v) is 2.85. The fraction of sp³-hybridized carbons (Fsp3) is 0.500. The molecule has 1 saturated heterocycles. The Labute approximate surface area is 93.6 Å². The molecule has 1 aliphatic heterocycles. The average molecular weight is 227 g/mol. The summed E-state index contributed by atoms with van der Waals surface area (Å²) in [6.45, 7) is 1.68. The van der Waals surface area contributed by atoms with Crippen molar-refractivity contribution in [3.63, 3.8) is 0 Å². The lowest BCUT2D eigenvalue weighted by Gasteiger charge is -2.23. The standard InChI is InChI=1S/C12H15F2NO/c13-11-2-1-3-12(14)10(11)8-15-9-4-6-16-7-5-9/h1-3,9,15H,4-8H2. The van der Waals surface area contributed by atoms with E-state index in [1.807, 2.05) is 0 Å². The van der Waals surface area contributed by atoms with Gasteiger partial charge in [-0.15, -0.1) is 0 Å². The Morgan fingerprint density at radius 3 is 2.44 bits per heavy atom. The van der Waals surface area contributed by atoms with Gasteiger partial charge >= 0.3 is 0 Å². The third kappa shape index (κ3) is 2.77. The van der Waals surface area contributed by atoms with Crippen LogP contribution in [0.2, 0.25) is 0 Å². The van der Waals surface area contributed by atoms with Gasteiger partial charge in [-0.2, -0.15) is 0 Å². The third-order valence-electron chi connectivity index (χ3n) is 2.85. The van der Waals surface area contributed by atoms with Crippen LogP contribution in [0.5, 0.6) is 0 Å². The van der Waals surface area contributed by atoms with Crippen LogP contribution in [0.15, 0.2) is 18.2 Å². The highest BCUT2D eigenvalue weighted by molar-refractivity contribution is 5.19. The molecule has 0 spiro atoms. The molecule has 1 aromatic rings. The Bertz CT molecular complexity index is 331. The molecule has 0 bridgehead atoms. The van der Waals surface area contributed by atoms with E-state index in [2.05, 4.69) is 5.32 Å². The highest BCUT2D eigenvalue weighted by Crippen LogP contribution is 2.13. The highest BCUT2D eigenvalue weighted by atomic mass is 19.1. The van der Waals surface area contributed by atoms with Crippen molar-refractivity contribution in [1.29, 1.82) is 0 Å². The number of rotatable bonds is 3. The number of hydrogen-bond acceptors (Lipinski definition) is 2. The Balaban J connectivity index is 1.93. The van der Waals surface area contributed by atoms with Crippen molar-refractivity contribution in [2.24, 2.45) is 0 Å². The Hall–Kier alpha value is -1.00. The second-order valence-corrected chi connectivity index (χ2v) is 3.97. The Morgan fingerprint density at radius 2 is 1.81 bits per heavy atom. The van der Waals surface area contributed by atoms with Crippen LogP contribution in [-0.4, -0.2) is 19.3 Å². The van der Waals surface area contributed by atoms with Crippen LogP contribution in [-0.2, 0) is 11.3 Å². The zero-order valence-corrected chi connectivity index (χ0v) is 9.01. The number of halogens is 2. The van der Waals surface area contributed by atoms with Gasteiger partial charge in [0.25, 0.3) is 0 Å². The summed E-state index contributed by atoms with van der Waals surface area (Å²) in [5.74, 6) is -0.973. The van der Waals surface area contributed by atoms with Gasteiger partial charge in [0.05, 0.1) is 0 Å². The SMILES string of the molecule is Fc1cccc(F)c1CNC1CCOCC1. The van der Waals surface area contributed by atoms with Crippen LogP contribution >= 0.6 is 0 Å². The van der Waals surface area contributed by atoms with Crippen LogP contribution in [0.25, 0.3) is 0 Å². The number of hydrogen-bond donors (Lipinski definition) is 1. The summed E-state index contributed by atoms with van der Waals surface area (Å²) in [7, 11) is 0. The molecule has 4 heteroatoms. The van der Waals surface area contributed by atoms with Gasteiger partial charge in [0.2, 0.25) is 0 Å². The first kappa shape index (κ1) is 11.5. The summed E-state index contributed by atoms with van der Waals surface area (Å²) in [4.78, 5) is 0. The summed E-state index contributed by atoms with van der Waals surface area (Å²) in [6.07, 6.45) is 1.80. The predicted molar refractivity (Wildman–Crippen MR) is 57.0 cm³/mol. The molecular formula is C12H15F2NO. The molecule has 1 aromatic carbocycles. The lowest BCUT2D eigenvalue weighted by Crippen LogP contribution is -2.34. The molecule has 0 unspecified atom stereocenters. The van der Waals surface area contributed by atoms with E-state index >= 15 is 0 Å². The first-order valence-corrected chi connectivity index (χ1v) is 5.51. The second kappa shape index (κ2) is 5.37. The number of ether oxygens (including phenoxy) is 1. The maximum atomic E-state index is 13.3. The lowest BCUT2D eigenvalue weighted by atomic mass is 10.1. The van der Waals surface area contributed by atoms with Crippen molar-refractivity contribution in [2.45, 2.75) is 25.4 Å². The average Bonchev–Trinajstić information content (AvgIpc) is 2.30. The van der Waals surface area contributed by atoms with Gasteiger partial charge in [-0.05, 0) is 25.0 Å². The Morgan fingerprint density at radius 1 is 1.19 bits per heavy atom. The Kier molecular flexibility index (Phi) is 3.85. The van der Waals surface area contributed by atoms with Crippen LogP contribution < -0.4 is 5.32 Å². The maximum Gasteiger partial charge on any atom is 0.130 e. The smallest absolute Gasteiger partial charge is 0.130 e. The molecule has 1 fully saturated rings. The van der Waals surface area contributed by atoms with E-state index in [0.717, 1.165) is 26.1 Å². The fourth-order valence-electron chi connectivity index (χ4n) is 1.85. The first-order valence-electron chi connectivity index (χ1n) is 5.51. The van der Waals surface area contributed by atoms with Crippen molar-refractivity contribution in [3.05, 3.63) is 35.4 Å². The molecule has 1 N–H and O–H groups in total. The zero-order chi connectivity index (χ0) is 11.4. The van der Waals surface area contributed by atoms with Crippen LogP contribution in [0, 0.1) is 11.6 Å². The summed E-state index contributed by atoms with van der Waals surface area (Å²) < 4.78 is 31.8. The quantitative estimate of drug-likeness (QED) is 0.855. The van der Waals surface area contributed by atoms with E-state index in [1.54, 1.807) is 0 Å². The zero-order valence-electron chi connectivity index (χ0n) is 9.01. The van der Waals surface area contributed by atoms with Crippen molar-refractivity contribution in [2.75, 3.05) is 13.2 Å². The van der Waals surface area contributed by atoms with Crippen molar-refractivity contribution < 1.29 is 13.5 Å². The molecular weight excluding hydrogens is 212 g/mol. The van der Waals surface area contributed by atoms with Crippen molar-refractivity contribution in [1.82, 2.24) is 5.32 Å². The van der Waals surface area contributed by atoms with Crippen LogP contribution in [0.3, 0.4) is 0 Å². The van der Waals surface area contributed by atoms with E-state index in [-0.39, 0.29) is 12.1 Å². The van der Waals surface area contributed by atoms with Gasteiger partial charge < -0.3 is 10.1 Å². The molecule has 1 heterocycles. The van der Waals surface area contributed by atoms with Gasteiger partial charge in [-0.1, -0.05) is 6.07 Å². The fourth-order valence-corrected chi connectivity index (χ4v) is 1.85. The minimum atomic E-state index is -0.487. The van der Waals surface area contributed by atoms with Gasteiger partial charge in [0.15, 0.2) is 0 Å². The minimum Gasteiger partial charge on any atom is -0.381 e. The summed E-state index contributed by atoms with van der Waals surface area (Å²) in [6, 6.07) is 4.24. The van der Waals surface area contributed by atoms with Crippen LogP contribution in [0.1, 0.15) is 18.4 Å². The molecule has 0 aromatic heterocycles. The predicted octanol–water partition coefficient (Wildman–Crippen LogP) is 2.23. The first-order chi connectivity index (χ1) is 7.77. The van der Waals surface area contributed by atoms with Gasteiger partial charge in [-0.3, -0.25) is 0 Å². The molecule has 0 atom stereocenters. The maximum absolute atomic E-state index is 13.3. The molecule has 88 valence electrons. The van der Waals surface area contributed by atoms with E-state index < -0.39 is 11.6 Å². The van der Waals surface area contributed by atoms with E-state index in [4.69, 9.17) is 4.74 Å². The van der Waals surface area contributed by atoms with Crippen LogP contribution in [0.4, 0.5) is 8.78 Å². The number of benzene rings is 1. The highest BCUT2D eigenvalue weighted by Gasteiger charge is 2.15. The van der Waals surface area contributed by atoms with Gasteiger partial charge in [0, 0.05) is 31.4 Å². The molecule has 1 aliphatic rings. The molecule has 2 nitrogen and oxygen atoms in total. The minimum absolute atomic E-state index is 0.119. The lowest BCUT2D eigenvalue weighted by molar-refractivity contribution is 0.0774. The monoisotopic (exact) mass is 227 g/mol. The summed E-state index contributed by atoms with van der Waals surface area (Å²) in [5, 5.41) is 3.16. The van der Waals surface area contributed by atoms with E-state index in [1.165, 1.54) is 18.2 Å². The molecule has 16 heavy (non-hydrogen) atoms. The molecule has 0 saturated carbocycles. The normalized spacial score (nSPS) is 17.6. The summed E-state index contributed by atoms with van der Waals surface area (Å²) >= 11 is 0. The second-order valence-electron chi connectivity index (χ2n) is 3.97. The molecule has 0 radical (unpaired) electrons. The molecule has 0 amide bonds. The van der Waals surface area contributed by atoms with E-state index in [9.17, 15) is 8.78 Å². The van der Waals surface area contributed by atoms with Gasteiger partial charge in [-0.25, -0.2) is 8.78 Å². The molecule has 2 rings (SSSR count). The van der Waals surface area contributed by atoms with Crippen molar-refractivity contribution >= 4 is 0 Å². The largest absolute Gasteiger partial charge is 0.381 e. The topological polar surface area (TPSA) is 21.3 Å². The van der Waals surface area contributed by atoms with Crippen molar-refractivity contribution in [3.8, 4) is 0 Å². The summed E-state index contributed by atoms with van der Waals surface area (Å²) in [5.41, 5.74) is 0.119. The number of nitrogens with one attached hydrogen (secondary N) is 1. The molecule has 0 aliphatic carbocycles. The van der Waals surface area contributed by atoms with Gasteiger partial charge in [0.1, 0.15) is 11.6 Å². The van der Waals surface area contributed by atoms with E-state index in [0.29, 0.717) is 6.04 Å².